The number of carbonyl (C=O) groups excluding carboxylic acids is 2. The Labute approximate surface area is 455 Å². The van der Waals surface area contributed by atoms with E-state index in [1.807, 2.05) is 7.05 Å². The van der Waals surface area contributed by atoms with E-state index in [0.717, 1.165) is 102 Å². The van der Waals surface area contributed by atoms with Gasteiger partial charge in [-0.1, -0.05) is 97.8 Å². The zero-order valence-electron chi connectivity index (χ0n) is 48.1. The monoisotopic (exact) mass is 1040 g/mol. The third-order valence-electron chi connectivity index (χ3n) is 25.3. The van der Waals surface area contributed by atoms with Crippen molar-refractivity contribution in [3.8, 4) is 0 Å². The lowest BCUT2D eigenvalue weighted by Gasteiger charge is -2.78. The van der Waals surface area contributed by atoms with E-state index < -0.39 is 39.5 Å². The third kappa shape index (κ3) is 7.51. The van der Waals surface area contributed by atoms with E-state index in [1.165, 1.54) is 89.4 Å². The smallest absolute Gasteiger partial charge is 0.160 e. The zero-order valence-corrected chi connectivity index (χ0v) is 48.1. The van der Waals surface area contributed by atoms with E-state index >= 15 is 9.59 Å². The van der Waals surface area contributed by atoms with Crippen molar-refractivity contribution in [3.05, 3.63) is 69.6 Å². The molecule has 0 amide bonds. The number of aryl methyl sites for hydroxylation is 1. The molecular weight excluding hydrogens is 943 g/mol. The first-order chi connectivity index (χ1) is 36.2. The van der Waals surface area contributed by atoms with Gasteiger partial charge < -0.3 is 34.6 Å². The number of benzene rings is 1. The number of carbonyl (C=O) groups is 2. The van der Waals surface area contributed by atoms with Gasteiger partial charge in [-0.3, -0.25) is 9.59 Å². The fourth-order valence-electron chi connectivity index (χ4n) is 22.0. The number of ketones is 2. The molecule has 11 atom stereocenters. The molecule has 76 heavy (non-hydrogen) atoms. The maximum Gasteiger partial charge on any atom is 0.160 e. The summed E-state index contributed by atoms with van der Waals surface area (Å²) in [5.41, 5.74) is 8.35. The highest BCUT2D eigenvalue weighted by Gasteiger charge is 2.81. The maximum atomic E-state index is 16.0. The second-order valence-corrected chi connectivity index (χ2v) is 29.8. The first-order valence-electron chi connectivity index (χ1n) is 31.1. The van der Waals surface area contributed by atoms with Crippen LogP contribution in [0.5, 0.6) is 0 Å². The van der Waals surface area contributed by atoms with Gasteiger partial charge >= 0.3 is 0 Å². The van der Waals surface area contributed by atoms with Gasteiger partial charge in [0.1, 0.15) is 11.9 Å². The lowest BCUT2D eigenvalue weighted by atomic mass is 9.26. The number of aromatic amines is 1. The van der Waals surface area contributed by atoms with E-state index in [1.54, 1.807) is 0 Å². The molecule has 0 radical (unpaired) electrons. The molecule has 414 valence electrons. The summed E-state index contributed by atoms with van der Waals surface area (Å²) in [5.74, 6) is 1.52. The number of fused-ring (bicyclic) bond motifs is 6. The van der Waals surface area contributed by atoms with Gasteiger partial charge in [0.2, 0.25) is 0 Å². The lowest BCUT2D eigenvalue weighted by molar-refractivity contribution is -0.299. The van der Waals surface area contributed by atoms with Crippen LogP contribution in [0.15, 0.2) is 41.7 Å². The normalized spacial score (nSPS) is 39.2. The Morgan fingerprint density at radius 3 is 2.18 bits per heavy atom. The van der Waals surface area contributed by atoms with Crippen molar-refractivity contribution < 1.29 is 29.3 Å². The van der Waals surface area contributed by atoms with Gasteiger partial charge in [0.15, 0.2) is 5.78 Å². The molecule has 3 aliphatic heterocycles. The van der Waals surface area contributed by atoms with Crippen LogP contribution in [0.4, 0.5) is 0 Å². The van der Waals surface area contributed by atoms with Gasteiger partial charge in [0.05, 0.1) is 28.8 Å². The quantitative estimate of drug-likeness (QED) is 0.149. The average molecular weight is 1040 g/mol. The Balaban J connectivity index is 0.996. The Morgan fingerprint density at radius 2 is 1.51 bits per heavy atom. The first kappa shape index (κ1) is 52.3. The van der Waals surface area contributed by atoms with Crippen molar-refractivity contribution >= 4 is 22.6 Å². The van der Waals surface area contributed by atoms with Crippen molar-refractivity contribution in [2.24, 2.45) is 55.7 Å². The fraction of sp³-hybridized carbons (Fsp3) is 0.761. The molecule has 9 heteroatoms. The second kappa shape index (κ2) is 18.2. The van der Waals surface area contributed by atoms with Crippen molar-refractivity contribution in [3.63, 3.8) is 0 Å². The van der Waals surface area contributed by atoms with Crippen molar-refractivity contribution in [2.75, 3.05) is 26.8 Å². The standard InChI is InChI=1S/C67H95N3O6/c1-60(2)58(76-60)50(72)34-61(3)25-18-44-37-69-54-47(32-41-30-45(42-16-10-9-11-17-42)33-46(31-41)43-19-28-75-29-20-43)38-70(55(44)54)39-48-52-53(61)49(71)35-63(52,5)64(6)40-66(21-12-13-22-66)59-62(4,26-27-68-8)51(73)36-67(23-14-15-24-67)65(59,7)57(64)56(48)74/h30-31,33,37-38,42-43,48,50,56-59,68-69,72,74H,9-29,32,34-36,39-40H2,1-8H3. The minimum atomic E-state index is -0.740. The molecule has 0 bridgehead atoms. The third-order valence-corrected chi connectivity index (χ3v) is 25.3. The van der Waals surface area contributed by atoms with Crippen LogP contribution in [0.1, 0.15) is 223 Å². The van der Waals surface area contributed by atoms with Gasteiger partial charge in [0.25, 0.3) is 0 Å². The summed E-state index contributed by atoms with van der Waals surface area (Å²) in [6.07, 6.45) is 26.1. The number of Topliss-reactive ketones (excluding diaryl/α,β-unsaturated/α-hetero) is 2. The topological polar surface area (TPSA) is 129 Å². The molecule has 13 rings (SSSR count). The van der Waals surface area contributed by atoms with Gasteiger partial charge in [0, 0.05) is 73.7 Å². The molecule has 2 aromatic heterocycles. The van der Waals surface area contributed by atoms with Gasteiger partial charge in [-0.25, -0.2) is 0 Å². The number of nitrogens with zero attached hydrogens (tertiary/aromatic N) is 1. The average Bonchev–Trinajstić information content (AvgIpc) is 4.22. The minimum absolute atomic E-state index is 0.0685. The molecule has 6 saturated carbocycles. The van der Waals surface area contributed by atoms with Crippen molar-refractivity contribution in [1.82, 2.24) is 14.9 Å². The van der Waals surface area contributed by atoms with Crippen LogP contribution in [0.3, 0.4) is 0 Å². The molecule has 2 saturated heterocycles. The molecule has 7 aliphatic carbocycles. The van der Waals surface area contributed by atoms with Crippen molar-refractivity contribution in [2.45, 2.75) is 238 Å². The lowest BCUT2D eigenvalue weighted by Crippen LogP contribution is -2.76. The van der Waals surface area contributed by atoms with Crippen LogP contribution < -0.4 is 5.32 Å². The van der Waals surface area contributed by atoms with Crippen molar-refractivity contribution in [1.29, 1.82) is 0 Å². The predicted octanol–water partition coefficient (Wildman–Crippen LogP) is 13.0. The molecule has 10 aliphatic rings. The number of nitrogens with one attached hydrogen (secondary N) is 2. The molecule has 8 fully saturated rings. The summed E-state index contributed by atoms with van der Waals surface area (Å²) in [4.78, 5) is 35.3. The zero-order chi connectivity index (χ0) is 53.0. The number of ether oxygens (including phenoxy) is 2. The predicted molar refractivity (Wildman–Crippen MR) is 300 cm³/mol. The summed E-state index contributed by atoms with van der Waals surface area (Å²) in [5, 5.41) is 30.4. The SMILES string of the molecule is CNCCC1(C)C(=O)CC2(CCCC2)C2(C)C1C1(CCCC1)CC1(C)C2C(O)C2Cn3cc(Cc4cc(C5CCCCC5)cc(C5CCOCC5)c4)c4[nH]cc(c43)CCC(C)(CC(O)C3OC3(C)C)C3=C2C1(C)CC3=O. The number of aliphatic hydroxyl groups excluding tert-OH is 2. The summed E-state index contributed by atoms with van der Waals surface area (Å²) in [7, 11) is 2.04. The van der Waals surface area contributed by atoms with Crippen LogP contribution in [0.25, 0.3) is 11.0 Å². The maximum absolute atomic E-state index is 16.0. The molecular formula is C67H95N3O6. The molecule has 9 nitrogen and oxygen atoms in total. The number of H-pyrrole nitrogens is 1. The number of hydrogen-bond acceptors (Lipinski definition) is 7. The van der Waals surface area contributed by atoms with Gasteiger partial charge in [-0.15, -0.1) is 0 Å². The van der Waals surface area contributed by atoms with E-state index in [-0.39, 0.29) is 45.9 Å². The fourth-order valence-corrected chi connectivity index (χ4v) is 22.0. The van der Waals surface area contributed by atoms with E-state index in [4.69, 9.17) is 9.47 Å². The van der Waals surface area contributed by atoms with Crippen LogP contribution in [0, 0.1) is 55.7 Å². The Kier molecular flexibility index (Phi) is 12.5. The first-order valence-corrected chi connectivity index (χ1v) is 31.1. The summed E-state index contributed by atoms with van der Waals surface area (Å²) in [6.45, 7) is 19.5. The second-order valence-electron chi connectivity index (χ2n) is 29.8. The van der Waals surface area contributed by atoms with Crippen LogP contribution >= 0.6 is 0 Å². The summed E-state index contributed by atoms with van der Waals surface area (Å²) in [6, 6.07) is 7.65. The number of hydrogen-bond donors (Lipinski definition) is 4. The van der Waals surface area contributed by atoms with E-state index in [0.29, 0.717) is 49.8 Å². The Bertz CT molecular complexity index is 2770. The number of allylic oxidation sites excluding steroid dienone is 1. The number of rotatable bonds is 10. The molecule has 11 unspecified atom stereocenters. The van der Waals surface area contributed by atoms with Crippen LogP contribution in [-0.4, -0.2) is 82.0 Å². The number of epoxide rings is 1. The number of aliphatic hydroxyl groups is 2. The molecule has 3 aromatic rings. The Morgan fingerprint density at radius 1 is 0.842 bits per heavy atom. The number of aromatic nitrogens is 2. The van der Waals surface area contributed by atoms with Crippen LogP contribution in [0.2, 0.25) is 0 Å². The molecule has 4 N–H and O–H groups in total. The van der Waals surface area contributed by atoms with Gasteiger partial charge in [-0.2, -0.15) is 0 Å². The van der Waals surface area contributed by atoms with Gasteiger partial charge in [-0.05, 0) is 195 Å². The Hall–Kier alpha value is -3.08. The highest BCUT2D eigenvalue weighted by atomic mass is 16.6. The minimum Gasteiger partial charge on any atom is -0.392 e. The molecule has 1 aromatic carbocycles. The van der Waals surface area contributed by atoms with Crippen LogP contribution in [-0.2, 0) is 38.4 Å². The summed E-state index contributed by atoms with van der Waals surface area (Å²) < 4.78 is 14.6. The summed E-state index contributed by atoms with van der Waals surface area (Å²) >= 11 is 0. The molecule has 5 heterocycles. The highest BCUT2D eigenvalue weighted by Crippen LogP contribution is 2.84. The molecule has 2 spiro atoms. The van der Waals surface area contributed by atoms with E-state index in [9.17, 15) is 10.2 Å². The van der Waals surface area contributed by atoms with E-state index in [2.05, 4.69) is 93.9 Å². The highest BCUT2D eigenvalue weighted by molar-refractivity contribution is 6.02. The largest absolute Gasteiger partial charge is 0.392 e.